The predicted octanol–water partition coefficient (Wildman–Crippen LogP) is 1.08. The van der Waals surface area contributed by atoms with Gasteiger partial charge in [-0.3, -0.25) is 5.41 Å². The Kier molecular flexibility index (Phi) is 4.24. The Morgan fingerprint density at radius 3 is 2.73 bits per heavy atom. The van der Waals surface area contributed by atoms with E-state index in [1.807, 2.05) is 6.92 Å². The van der Waals surface area contributed by atoms with Crippen molar-refractivity contribution in [1.82, 2.24) is 9.97 Å². The number of ether oxygens (including phenoxy) is 1. The van der Waals surface area contributed by atoms with Gasteiger partial charge in [-0.05, 0) is 16.3 Å². The van der Waals surface area contributed by atoms with Crippen LogP contribution in [0.25, 0.3) is 0 Å². The zero-order valence-corrected chi connectivity index (χ0v) is 9.82. The molecule has 1 atom stereocenters. The minimum absolute atomic E-state index is 0.0485. The lowest BCUT2D eigenvalue weighted by atomic mass is 10.2. The highest BCUT2D eigenvalue weighted by Gasteiger charge is 2.15. The summed E-state index contributed by atoms with van der Waals surface area (Å²) in [6.45, 7) is 2.26. The van der Waals surface area contributed by atoms with Crippen molar-refractivity contribution in [3.05, 3.63) is 11.9 Å². The zero-order valence-electron chi connectivity index (χ0n) is 8.66. The van der Waals surface area contributed by atoms with E-state index in [0.29, 0.717) is 23.8 Å². The summed E-state index contributed by atoms with van der Waals surface area (Å²) in [7, 11) is 4.07. The molecule has 7 heteroatoms. The van der Waals surface area contributed by atoms with Crippen molar-refractivity contribution < 1.29 is 4.74 Å². The van der Waals surface area contributed by atoms with Gasteiger partial charge in [-0.2, -0.15) is 0 Å². The molecule has 82 valence electrons. The van der Waals surface area contributed by atoms with Gasteiger partial charge in [0.25, 0.3) is 0 Å². The summed E-state index contributed by atoms with van der Waals surface area (Å²) in [5.74, 6) is 1.15. The van der Waals surface area contributed by atoms with Gasteiger partial charge in [-0.1, -0.05) is 0 Å². The van der Waals surface area contributed by atoms with Gasteiger partial charge >= 0.3 is 0 Å². The van der Waals surface area contributed by atoms with E-state index in [-0.39, 0.29) is 5.90 Å². The van der Waals surface area contributed by atoms with Gasteiger partial charge in [0.2, 0.25) is 5.90 Å². The van der Waals surface area contributed by atoms with Gasteiger partial charge in [0, 0.05) is 7.05 Å². The largest absolute Gasteiger partial charge is 0.478 e. The molecule has 3 N–H and O–H groups in total. The van der Waals surface area contributed by atoms with E-state index in [1.165, 1.54) is 6.33 Å². The molecule has 1 heterocycles. The predicted molar refractivity (Wildman–Crippen MR) is 63.4 cm³/mol. The second-order valence-electron chi connectivity index (χ2n) is 2.60. The third-order valence-corrected chi connectivity index (χ3v) is 2.01. The Bertz CT molecular complexity index is 335. The molecule has 0 fully saturated rings. The lowest BCUT2D eigenvalue weighted by Crippen LogP contribution is -2.12. The van der Waals surface area contributed by atoms with Gasteiger partial charge in [0.05, 0.1) is 6.61 Å². The SMILES string of the molecule is CCOC(=N)c1c(NC)ncnc1NP. The zero-order chi connectivity index (χ0) is 11.3. The molecule has 0 spiro atoms. The lowest BCUT2D eigenvalue weighted by molar-refractivity contribution is 0.326. The van der Waals surface area contributed by atoms with E-state index >= 15 is 0 Å². The van der Waals surface area contributed by atoms with Crippen molar-refractivity contribution in [2.75, 3.05) is 24.1 Å². The van der Waals surface area contributed by atoms with Crippen LogP contribution in [-0.2, 0) is 4.74 Å². The van der Waals surface area contributed by atoms with Crippen LogP contribution in [0.4, 0.5) is 11.6 Å². The summed E-state index contributed by atoms with van der Waals surface area (Å²) in [5, 5.41) is 13.4. The molecule has 0 bridgehead atoms. The fourth-order valence-electron chi connectivity index (χ4n) is 1.12. The number of hydrogen-bond acceptors (Lipinski definition) is 6. The number of rotatable bonds is 4. The number of aromatic nitrogens is 2. The quantitative estimate of drug-likeness (QED) is 0.407. The maximum atomic E-state index is 7.73. The fraction of sp³-hybridized carbons (Fsp3) is 0.375. The first-order valence-electron chi connectivity index (χ1n) is 4.45. The van der Waals surface area contributed by atoms with Crippen LogP contribution in [0.15, 0.2) is 6.33 Å². The second kappa shape index (κ2) is 5.46. The Balaban J connectivity index is 3.15. The average Bonchev–Trinajstić information content (AvgIpc) is 2.28. The third kappa shape index (κ3) is 2.53. The molecule has 0 aromatic carbocycles. The summed E-state index contributed by atoms with van der Waals surface area (Å²) in [4.78, 5) is 8.02. The van der Waals surface area contributed by atoms with E-state index in [1.54, 1.807) is 7.05 Å². The molecule has 0 aliphatic carbocycles. The van der Waals surface area contributed by atoms with Crippen LogP contribution in [0, 0.1) is 5.41 Å². The molecule has 1 aromatic heterocycles. The average molecular weight is 227 g/mol. The molecule has 0 amide bonds. The molecule has 0 aliphatic rings. The van der Waals surface area contributed by atoms with Crippen LogP contribution < -0.4 is 10.4 Å². The van der Waals surface area contributed by atoms with Crippen molar-refractivity contribution in [2.24, 2.45) is 0 Å². The minimum Gasteiger partial charge on any atom is -0.478 e. The van der Waals surface area contributed by atoms with Crippen LogP contribution in [-0.4, -0.2) is 29.5 Å². The fourth-order valence-corrected chi connectivity index (χ4v) is 1.34. The number of nitrogens with one attached hydrogen (secondary N) is 3. The molecule has 0 aliphatic heterocycles. The lowest BCUT2D eigenvalue weighted by Gasteiger charge is -2.12. The first kappa shape index (κ1) is 11.7. The third-order valence-electron chi connectivity index (χ3n) is 1.74. The van der Waals surface area contributed by atoms with Crippen molar-refractivity contribution in [1.29, 1.82) is 5.41 Å². The van der Waals surface area contributed by atoms with Crippen LogP contribution in [0.3, 0.4) is 0 Å². The second-order valence-corrected chi connectivity index (χ2v) is 2.89. The van der Waals surface area contributed by atoms with Crippen LogP contribution >= 0.6 is 9.39 Å². The maximum absolute atomic E-state index is 7.73. The Hall–Kier alpha value is -1.42. The molecular weight excluding hydrogens is 213 g/mol. The number of anilines is 2. The summed E-state index contributed by atoms with van der Waals surface area (Å²) >= 11 is 0. The highest BCUT2D eigenvalue weighted by Crippen LogP contribution is 2.21. The molecule has 6 nitrogen and oxygen atoms in total. The van der Waals surface area contributed by atoms with Crippen molar-refractivity contribution >= 4 is 26.9 Å². The normalized spacial score (nSPS) is 9.53. The number of nitrogens with zero attached hydrogens (tertiary/aromatic N) is 2. The van der Waals surface area contributed by atoms with Gasteiger partial charge in [0.15, 0.2) is 0 Å². The highest BCUT2D eigenvalue weighted by atomic mass is 31.0. The topological polar surface area (TPSA) is 82.9 Å². The molecule has 0 radical (unpaired) electrons. The first-order chi connectivity index (χ1) is 7.24. The van der Waals surface area contributed by atoms with E-state index in [2.05, 4.69) is 29.8 Å². The molecule has 1 rings (SSSR count). The van der Waals surface area contributed by atoms with Crippen LogP contribution in [0.5, 0.6) is 0 Å². The van der Waals surface area contributed by atoms with Crippen molar-refractivity contribution in [3.63, 3.8) is 0 Å². The smallest absolute Gasteiger partial charge is 0.220 e. The minimum atomic E-state index is 0.0485. The van der Waals surface area contributed by atoms with E-state index in [4.69, 9.17) is 10.1 Å². The molecule has 1 unspecified atom stereocenters. The maximum Gasteiger partial charge on any atom is 0.220 e. The Morgan fingerprint density at radius 1 is 1.53 bits per heavy atom. The molecule has 0 saturated carbocycles. The van der Waals surface area contributed by atoms with Gasteiger partial charge in [-0.15, -0.1) is 0 Å². The summed E-state index contributed by atoms with van der Waals surface area (Å²) in [6, 6.07) is 0. The summed E-state index contributed by atoms with van der Waals surface area (Å²) < 4.78 is 5.13. The summed E-state index contributed by atoms with van der Waals surface area (Å²) in [6.07, 6.45) is 1.42. The highest BCUT2D eigenvalue weighted by molar-refractivity contribution is 7.18. The monoisotopic (exact) mass is 227 g/mol. The van der Waals surface area contributed by atoms with Gasteiger partial charge in [0.1, 0.15) is 23.5 Å². The van der Waals surface area contributed by atoms with E-state index < -0.39 is 0 Å². The van der Waals surface area contributed by atoms with Crippen molar-refractivity contribution in [3.8, 4) is 0 Å². The van der Waals surface area contributed by atoms with E-state index in [0.717, 1.165) is 0 Å². The molecule has 15 heavy (non-hydrogen) atoms. The number of hydrogen-bond donors (Lipinski definition) is 3. The van der Waals surface area contributed by atoms with Crippen molar-refractivity contribution in [2.45, 2.75) is 6.92 Å². The Labute approximate surface area is 90.6 Å². The standard InChI is InChI=1S/C8H14N5OP/c1-3-14-6(9)5-7(10-2)11-4-12-8(5)13-15/h4,9H,3,15H2,1-2H3,(H2,10,11,12,13). The van der Waals surface area contributed by atoms with E-state index in [9.17, 15) is 0 Å². The van der Waals surface area contributed by atoms with Crippen LogP contribution in [0.1, 0.15) is 12.5 Å². The Morgan fingerprint density at radius 2 is 2.20 bits per heavy atom. The first-order valence-corrected chi connectivity index (χ1v) is 5.03. The van der Waals surface area contributed by atoms with Gasteiger partial charge in [-0.25, -0.2) is 9.97 Å². The molecule has 0 saturated heterocycles. The van der Waals surface area contributed by atoms with Crippen LogP contribution in [0.2, 0.25) is 0 Å². The molecular formula is C8H14N5OP. The summed E-state index contributed by atoms with van der Waals surface area (Å²) in [5.41, 5.74) is 0.525. The molecule has 1 aromatic rings. The van der Waals surface area contributed by atoms with Gasteiger partial charge < -0.3 is 15.1 Å².